The molecule has 0 aliphatic heterocycles. The van der Waals surface area contributed by atoms with E-state index in [4.69, 9.17) is 9.84 Å². The van der Waals surface area contributed by atoms with Crippen LogP contribution < -0.4 is 21.3 Å². The molecule has 0 aliphatic carbocycles. The van der Waals surface area contributed by atoms with Gasteiger partial charge in [0.2, 0.25) is 0 Å². The van der Waals surface area contributed by atoms with Crippen molar-refractivity contribution in [3.63, 3.8) is 0 Å². The number of methoxy groups -OCH3 is 1. The molecular weight excluding hydrogens is 224 g/mol. The van der Waals surface area contributed by atoms with Crippen molar-refractivity contribution in [3.8, 4) is 0 Å². The lowest BCUT2D eigenvalue weighted by Crippen LogP contribution is -2.33. The standard InChI is InChI=1S/C10H24N4O3/c1-17-9-13-6-2-4-11-8-12-5-3-7-14-10(15)16/h11-14H,2-9H2,1H3,(H,15,16). The van der Waals surface area contributed by atoms with E-state index in [2.05, 4.69) is 21.3 Å². The van der Waals surface area contributed by atoms with Crippen LogP contribution >= 0.6 is 0 Å². The first kappa shape index (κ1) is 16.1. The Morgan fingerprint density at radius 2 is 1.65 bits per heavy atom. The van der Waals surface area contributed by atoms with Gasteiger partial charge in [-0.3, -0.25) is 5.32 Å². The van der Waals surface area contributed by atoms with Crippen LogP contribution in [0.1, 0.15) is 12.8 Å². The van der Waals surface area contributed by atoms with E-state index in [9.17, 15) is 4.79 Å². The van der Waals surface area contributed by atoms with Crippen LogP contribution in [0.3, 0.4) is 0 Å². The van der Waals surface area contributed by atoms with Crippen molar-refractivity contribution in [2.75, 3.05) is 46.7 Å². The molecule has 17 heavy (non-hydrogen) atoms. The Labute approximate surface area is 102 Å². The molecule has 0 rings (SSSR count). The third-order valence-electron chi connectivity index (χ3n) is 2.01. The zero-order chi connectivity index (χ0) is 12.8. The van der Waals surface area contributed by atoms with Gasteiger partial charge in [0.05, 0.1) is 6.73 Å². The largest absolute Gasteiger partial charge is 0.465 e. The van der Waals surface area contributed by atoms with Crippen LogP contribution in [0.4, 0.5) is 4.79 Å². The molecule has 0 atom stereocenters. The average molecular weight is 248 g/mol. The van der Waals surface area contributed by atoms with Gasteiger partial charge < -0.3 is 25.8 Å². The van der Waals surface area contributed by atoms with Gasteiger partial charge in [-0.2, -0.15) is 0 Å². The fourth-order valence-corrected chi connectivity index (χ4v) is 1.19. The molecule has 0 bridgehead atoms. The van der Waals surface area contributed by atoms with Gasteiger partial charge in [-0.25, -0.2) is 4.79 Å². The highest BCUT2D eigenvalue weighted by atomic mass is 16.5. The van der Waals surface area contributed by atoms with Crippen LogP contribution in [0.5, 0.6) is 0 Å². The second kappa shape index (κ2) is 13.2. The van der Waals surface area contributed by atoms with Gasteiger partial charge in [0.1, 0.15) is 0 Å². The lowest BCUT2D eigenvalue weighted by atomic mass is 10.4. The molecule has 0 saturated heterocycles. The highest BCUT2D eigenvalue weighted by Crippen LogP contribution is 1.74. The van der Waals surface area contributed by atoms with Crippen molar-refractivity contribution in [1.82, 2.24) is 21.3 Å². The molecular formula is C10H24N4O3. The summed E-state index contributed by atoms with van der Waals surface area (Å²) in [4.78, 5) is 10.1. The van der Waals surface area contributed by atoms with Crippen molar-refractivity contribution >= 4 is 6.09 Å². The molecule has 0 fully saturated rings. The van der Waals surface area contributed by atoms with E-state index in [-0.39, 0.29) is 0 Å². The molecule has 0 spiro atoms. The highest BCUT2D eigenvalue weighted by molar-refractivity contribution is 5.64. The van der Waals surface area contributed by atoms with Crippen molar-refractivity contribution < 1.29 is 14.6 Å². The summed E-state index contributed by atoms with van der Waals surface area (Å²) >= 11 is 0. The Bertz CT molecular complexity index is 181. The number of ether oxygens (including phenoxy) is 1. The van der Waals surface area contributed by atoms with E-state index >= 15 is 0 Å². The first-order valence-electron chi connectivity index (χ1n) is 5.85. The Morgan fingerprint density at radius 3 is 2.24 bits per heavy atom. The molecule has 0 unspecified atom stereocenters. The molecule has 0 aromatic rings. The summed E-state index contributed by atoms with van der Waals surface area (Å²) in [5.41, 5.74) is 0. The minimum absolute atomic E-state index is 0.489. The van der Waals surface area contributed by atoms with E-state index < -0.39 is 6.09 Å². The minimum Gasteiger partial charge on any atom is -0.465 e. The predicted molar refractivity (Wildman–Crippen MR) is 66.0 cm³/mol. The summed E-state index contributed by atoms with van der Waals surface area (Å²) in [6.07, 6.45) is 0.876. The smallest absolute Gasteiger partial charge is 0.404 e. The van der Waals surface area contributed by atoms with Crippen molar-refractivity contribution in [2.24, 2.45) is 0 Å². The van der Waals surface area contributed by atoms with Gasteiger partial charge in [0.15, 0.2) is 0 Å². The second-order valence-electron chi connectivity index (χ2n) is 3.55. The van der Waals surface area contributed by atoms with Crippen LogP contribution in [0.25, 0.3) is 0 Å². The van der Waals surface area contributed by atoms with Crippen LogP contribution in [-0.2, 0) is 4.74 Å². The monoisotopic (exact) mass is 248 g/mol. The Morgan fingerprint density at radius 1 is 1.06 bits per heavy atom. The van der Waals surface area contributed by atoms with Crippen molar-refractivity contribution in [2.45, 2.75) is 12.8 Å². The number of nitrogens with one attached hydrogen (secondary N) is 4. The highest BCUT2D eigenvalue weighted by Gasteiger charge is 1.92. The lowest BCUT2D eigenvalue weighted by molar-refractivity contribution is 0.175. The van der Waals surface area contributed by atoms with E-state index in [1.54, 1.807) is 7.11 Å². The van der Waals surface area contributed by atoms with Crippen molar-refractivity contribution in [3.05, 3.63) is 0 Å². The molecule has 7 heteroatoms. The van der Waals surface area contributed by atoms with Gasteiger partial charge in [0, 0.05) is 20.3 Å². The van der Waals surface area contributed by atoms with Gasteiger partial charge in [-0.1, -0.05) is 0 Å². The lowest BCUT2D eigenvalue weighted by Gasteiger charge is -2.07. The maximum atomic E-state index is 10.1. The Balaban J connectivity index is 2.91. The van der Waals surface area contributed by atoms with E-state index in [0.717, 1.165) is 39.1 Å². The van der Waals surface area contributed by atoms with Gasteiger partial charge in [-0.05, 0) is 32.5 Å². The van der Waals surface area contributed by atoms with E-state index in [1.165, 1.54) is 0 Å². The van der Waals surface area contributed by atoms with Crippen LogP contribution in [0.2, 0.25) is 0 Å². The second-order valence-corrected chi connectivity index (χ2v) is 3.55. The normalized spacial score (nSPS) is 10.4. The molecule has 7 nitrogen and oxygen atoms in total. The molecule has 0 aliphatic rings. The van der Waals surface area contributed by atoms with E-state index in [1.807, 2.05) is 0 Å². The molecule has 5 N–H and O–H groups in total. The van der Waals surface area contributed by atoms with Gasteiger partial charge >= 0.3 is 6.09 Å². The SMILES string of the molecule is COCNCCCNCNCCCNC(=O)O. The first-order chi connectivity index (χ1) is 8.27. The zero-order valence-corrected chi connectivity index (χ0v) is 10.4. The fraction of sp³-hybridized carbons (Fsp3) is 0.900. The third-order valence-corrected chi connectivity index (χ3v) is 2.01. The maximum absolute atomic E-state index is 10.1. The summed E-state index contributed by atoms with van der Waals surface area (Å²) < 4.78 is 4.85. The molecule has 0 saturated carbocycles. The van der Waals surface area contributed by atoms with Crippen LogP contribution in [0, 0.1) is 0 Å². The predicted octanol–water partition coefficient (Wildman–Crippen LogP) is -0.636. The number of carboxylic acid groups (broad SMARTS) is 1. The summed E-state index contributed by atoms with van der Waals surface area (Å²) in [5, 5.41) is 20.2. The number of amides is 1. The summed E-state index contributed by atoms with van der Waals surface area (Å²) in [5.74, 6) is 0. The Hall–Kier alpha value is -0.890. The molecule has 0 aromatic heterocycles. The number of rotatable bonds is 12. The zero-order valence-electron chi connectivity index (χ0n) is 10.4. The third kappa shape index (κ3) is 15.1. The maximum Gasteiger partial charge on any atom is 0.404 e. The molecule has 102 valence electrons. The number of hydrogen-bond acceptors (Lipinski definition) is 5. The Kier molecular flexibility index (Phi) is 12.5. The summed E-state index contributed by atoms with van der Waals surface area (Å²) in [7, 11) is 1.66. The molecule has 0 heterocycles. The first-order valence-corrected chi connectivity index (χ1v) is 5.85. The minimum atomic E-state index is -0.966. The molecule has 0 radical (unpaired) electrons. The van der Waals surface area contributed by atoms with Crippen molar-refractivity contribution in [1.29, 1.82) is 0 Å². The van der Waals surface area contributed by atoms with E-state index in [0.29, 0.717) is 13.3 Å². The summed E-state index contributed by atoms with van der Waals surface area (Å²) in [6, 6.07) is 0. The van der Waals surface area contributed by atoms with Gasteiger partial charge in [0.25, 0.3) is 0 Å². The number of hydrogen-bond donors (Lipinski definition) is 5. The fourth-order valence-electron chi connectivity index (χ4n) is 1.19. The number of carbonyl (C=O) groups is 1. The topological polar surface area (TPSA) is 94.7 Å². The summed E-state index contributed by atoms with van der Waals surface area (Å²) in [6.45, 7) is 4.51. The molecule has 0 aromatic carbocycles. The van der Waals surface area contributed by atoms with Gasteiger partial charge in [-0.15, -0.1) is 0 Å². The van der Waals surface area contributed by atoms with Crippen LogP contribution in [0.15, 0.2) is 0 Å². The average Bonchev–Trinajstić information content (AvgIpc) is 2.30. The molecule has 1 amide bonds. The van der Waals surface area contributed by atoms with Crippen LogP contribution in [-0.4, -0.2) is 57.9 Å². The quantitative estimate of drug-likeness (QED) is 0.233.